The molecule has 1 N–H and O–H groups in total. The third-order valence-electron chi connectivity index (χ3n) is 2.85. The molecule has 0 atom stereocenters. The van der Waals surface area contributed by atoms with Crippen LogP contribution in [0.4, 0.5) is 0 Å². The highest BCUT2D eigenvalue weighted by molar-refractivity contribution is 5.83. The van der Waals surface area contributed by atoms with Gasteiger partial charge in [-0.05, 0) is 18.6 Å². The minimum atomic E-state index is -0.0618. The maximum Gasteiger partial charge on any atom is 0.257 e. The number of aromatic nitrogens is 3. The lowest BCUT2D eigenvalue weighted by atomic mass is 10.1. The van der Waals surface area contributed by atoms with Crippen molar-refractivity contribution in [1.29, 1.82) is 0 Å². The third-order valence-corrected chi connectivity index (χ3v) is 2.85. The monoisotopic (exact) mass is 225 g/mol. The maximum absolute atomic E-state index is 12.1. The molecule has 0 bridgehead atoms. The number of aromatic amines is 1. The summed E-state index contributed by atoms with van der Waals surface area (Å²) in [7, 11) is 0. The molecule has 3 rings (SSSR count). The Morgan fingerprint density at radius 3 is 2.82 bits per heavy atom. The van der Waals surface area contributed by atoms with Gasteiger partial charge in [0.05, 0.1) is 5.52 Å². The summed E-state index contributed by atoms with van der Waals surface area (Å²) in [5.74, 6) is 0.617. The number of hydrogen-bond donors (Lipinski definition) is 1. The van der Waals surface area contributed by atoms with E-state index in [1.54, 1.807) is 22.9 Å². The number of benzene rings is 1. The first-order valence-corrected chi connectivity index (χ1v) is 5.39. The minimum absolute atomic E-state index is 0.0618. The van der Waals surface area contributed by atoms with Gasteiger partial charge >= 0.3 is 0 Å². The summed E-state index contributed by atoms with van der Waals surface area (Å²) in [4.78, 5) is 12.1. The Kier molecular flexibility index (Phi) is 2.08. The molecule has 0 spiro atoms. The Bertz CT molecular complexity index is 726. The topological polar surface area (TPSA) is 50.7 Å². The van der Waals surface area contributed by atoms with Crippen LogP contribution in [-0.4, -0.2) is 14.8 Å². The van der Waals surface area contributed by atoms with Gasteiger partial charge in [0.1, 0.15) is 0 Å². The van der Waals surface area contributed by atoms with Gasteiger partial charge in [0, 0.05) is 23.7 Å². The molecule has 0 aliphatic heterocycles. The lowest BCUT2D eigenvalue weighted by molar-refractivity contribution is 0.947. The van der Waals surface area contributed by atoms with E-state index >= 15 is 0 Å². The van der Waals surface area contributed by atoms with Crippen molar-refractivity contribution in [2.75, 3.05) is 0 Å². The van der Waals surface area contributed by atoms with Crippen molar-refractivity contribution in [3.05, 3.63) is 58.5 Å². The fraction of sp³-hybridized carbons (Fsp3) is 0.0769. The van der Waals surface area contributed by atoms with Crippen LogP contribution in [0, 0.1) is 6.92 Å². The molecule has 0 saturated carbocycles. The number of nitrogens with one attached hydrogen (secondary N) is 1. The van der Waals surface area contributed by atoms with Crippen LogP contribution < -0.4 is 5.56 Å². The van der Waals surface area contributed by atoms with Gasteiger partial charge in [-0.15, -0.1) is 0 Å². The highest BCUT2D eigenvalue weighted by atomic mass is 16.1. The number of rotatable bonds is 1. The Morgan fingerprint density at radius 1 is 1.24 bits per heavy atom. The van der Waals surface area contributed by atoms with E-state index in [0.717, 1.165) is 16.5 Å². The van der Waals surface area contributed by atoms with Crippen molar-refractivity contribution in [2.45, 2.75) is 6.92 Å². The van der Waals surface area contributed by atoms with Crippen LogP contribution in [0.5, 0.6) is 0 Å². The normalized spacial score (nSPS) is 10.9. The second-order valence-corrected chi connectivity index (χ2v) is 3.95. The van der Waals surface area contributed by atoms with E-state index < -0.39 is 0 Å². The first-order valence-electron chi connectivity index (χ1n) is 5.39. The molecular weight excluding hydrogens is 214 g/mol. The molecule has 2 aromatic heterocycles. The number of para-hydroxylation sites is 1. The van der Waals surface area contributed by atoms with Gasteiger partial charge in [0.25, 0.3) is 5.56 Å². The molecule has 2 heterocycles. The van der Waals surface area contributed by atoms with Crippen molar-refractivity contribution in [3.8, 4) is 5.82 Å². The fourth-order valence-corrected chi connectivity index (χ4v) is 2.06. The molecule has 0 radical (unpaired) electrons. The molecule has 4 heteroatoms. The van der Waals surface area contributed by atoms with Gasteiger partial charge in [-0.1, -0.05) is 18.2 Å². The van der Waals surface area contributed by atoms with Crippen LogP contribution in [0.15, 0.2) is 47.4 Å². The van der Waals surface area contributed by atoms with Gasteiger partial charge in [-0.2, -0.15) is 5.10 Å². The molecule has 4 nitrogen and oxygen atoms in total. The molecule has 0 aliphatic carbocycles. The first-order chi connectivity index (χ1) is 8.27. The number of fused-ring (bicyclic) bond motifs is 1. The van der Waals surface area contributed by atoms with Gasteiger partial charge in [0.15, 0.2) is 5.82 Å². The maximum atomic E-state index is 12.1. The van der Waals surface area contributed by atoms with Crippen molar-refractivity contribution in [2.24, 2.45) is 0 Å². The second-order valence-electron chi connectivity index (χ2n) is 3.95. The number of pyridine rings is 1. The summed E-state index contributed by atoms with van der Waals surface area (Å²) in [5, 5.41) is 7.86. The zero-order chi connectivity index (χ0) is 11.8. The molecule has 0 amide bonds. The number of aryl methyl sites for hydroxylation is 1. The standard InChI is InChI=1S/C13H11N3O/c1-9-8-13(17)16(12-6-7-14-15-12)11-5-3-2-4-10(9)11/h2-8H,1H3,(H,14,15). The summed E-state index contributed by atoms with van der Waals surface area (Å²) in [6.07, 6.45) is 1.70. The van der Waals surface area contributed by atoms with Crippen molar-refractivity contribution in [1.82, 2.24) is 14.8 Å². The van der Waals surface area contributed by atoms with Gasteiger partial charge in [0.2, 0.25) is 0 Å². The number of hydrogen-bond acceptors (Lipinski definition) is 2. The number of H-pyrrole nitrogens is 1. The second kappa shape index (κ2) is 3.59. The van der Waals surface area contributed by atoms with E-state index in [4.69, 9.17) is 0 Å². The van der Waals surface area contributed by atoms with E-state index in [1.807, 2.05) is 31.2 Å². The van der Waals surface area contributed by atoms with Gasteiger partial charge in [-0.3, -0.25) is 14.5 Å². The smallest absolute Gasteiger partial charge is 0.257 e. The van der Waals surface area contributed by atoms with Crippen LogP contribution in [0.2, 0.25) is 0 Å². The molecular formula is C13H11N3O. The fourth-order valence-electron chi connectivity index (χ4n) is 2.06. The summed E-state index contributed by atoms with van der Waals surface area (Å²) in [5.41, 5.74) is 1.80. The van der Waals surface area contributed by atoms with Crippen LogP contribution in [-0.2, 0) is 0 Å². The summed E-state index contributed by atoms with van der Waals surface area (Å²) in [6.45, 7) is 1.94. The largest absolute Gasteiger partial charge is 0.284 e. The van der Waals surface area contributed by atoms with E-state index in [2.05, 4.69) is 10.2 Å². The third kappa shape index (κ3) is 1.45. The van der Waals surface area contributed by atoms with Gasteiger partial charge < -0.3 is 0 Å². The van der Waals surface area contributed by atoms with Crippen molar-refractivity contribution >= 4 is 10.9 Å². The average molecular weight is 225 g/mol. The number of nitrogens with zero attached hydrogens (tertiary/aromatic N) is 2. The zero-order valence-electron chi connectivity index (χ0n) is 9.34. The predicted octanol–water partition coefficient (Wildman–Crippen LogP) is 2.02. The lowest BCUT2D eigenvalue weighted by Crippen LogP contribution is -2.18. The van der Waals surface area contributed by atoms with Crippen LogP contribution in [0.25, 0.3) is 16.7 Å². The van der Waals surface area contributed by atoms with E-state index in [9.17, 15) is 4.79 Å². The first kappa shape index (κ1) is 9.84. The van der Waals surface area contributed by atoms with Crippen LogP contribution in [0.3, 0.4) is 0 Å². The molecule has 1 aromatic carbocycles. The molecule has 3 aromatic rings. The Balaban J connectivity index is 2.50. The van der Waals surface area contributed by atoms with Crippen molar-refractivity contribution in [3.63, 3.8) is 0 Å². The predicted molar refractivity (Wildman–Crippen MR) is 66.4 cm³/mol. The van der Waals surface area contributed by atoms with Gasteiger partial charge in [-0.25, -0.2) is 0 Å². The SMILES string of the molecule is Cc1cc(=O)n(-c2cc[nH]n2)c2ccccc12. The highest BCUT2D eigenvalue weighted by Gasteiger charge is 2.08. The summed E-state index contributed by atoms with van der Waals surface area (Å²) < 4.78 is 1.61. The quantitative estimate of drug-likeness (QED) is 0.688. The minimum Gasteiger partial charge on any atom is -0.284 e. The molecule has 0 saturated heterocycles. The van der Waals surface area contributed by atoms with E-state index in [-0.39, 0.29) is 5.56 Å². The average Bonchev–Trinajstić information content (AvgIpc) is 2.83. The molecule has 17 heavy (non-hydrogen) atoms. The van der Waals surface area contributed by atoms with Crippen LogP contribution >= 0.6 is 0 Å². The van der Waals surface area contributed by atoms with E-state index in [0.29, 0.717) is 5.82 Å². The Labute approximate surface area is 97.5 Å². The highest BCUT2D eigenvalue weighted by Crippen LogP contribution is 2.17. The summed E-state index contributed by atoms with van der Waals surface area (Å²) in [6, 6.07) is 11.2. The molecule has 0 aliphatic rings. The Hall–Kier alpha value is -2.36. The Morgan fingerprint density at radius 2 is 2.06 bits per heavy atom. The zero-order valence-corrected chi connectivity index (χ0v) is 9.34. The molecule has 0 fully saturated rings. The lowest BCUT2D eigenvalue weighted by Gasteiger charge is -2.08. The molecule has 0 unspecified atom stereocenters. The van der Waals surface area contributed by atoms with Crippen molar-refractivity contribution < 1.29 is 0 Å². The van der Waals surface area contributed by atoms with Crippen LogP contribution in [0.1, 0.15) is 5.56 Å². The molecule has 84 valence electrons. The van der Waals surface area contributed by atoms with E-state index in [1.165, 1.54) is 0 Å². The summed E-state index contributed by atoms with van der Waals surface area (Å²) >= 11 is 0.